The molecule has 1 rings (SSSR count). The van der Waals surface area contributed by atoms with Crippen molar-refractivity contribution in [1.29, 1.82) is 0 Å². The van der Waals surface area contributed by atoms with Gasteiger partial charge in [-0.1, -0.05) is 26.2 Å². The van der Waals surface area contributed by atoms with Gasteiger partial charge in [0.1, 0.15) is 0 Å². The molecule has 1 aliphatic carbocycles. The van der Waals surface area contributed by atoms with Gasteiger partial charge in [0.2, 0.25) is 0 Å². The van der Waals surface area contributed by atoms with Crippen molar-refractivity contribution in [3.8, 4) is 0 Å². The summed E-state index contributed by atoms with van der Waals surface area (Å²) in [6.07, 6.45) is 8.87. The van der Waals surface area contributed by atoms with Gasteiger partial charge in [0, 0.05) is 6.42 Å². The molecule has 1 fully saturated rings. The molecule has 0 heterocycles. The highest BCUT2D eigenvalue weighted by Crippen LogP contribution is 2.23. The van der Waals surface area contributed by atoms with Gasteiger partial charge >= 0.3 is 5.97 Å². The Morgan fingerprint density at radius 1 is 1.29 bits per heavy atom. The average Bonchev–Trinajstić information content (AvgIpc) is 2.35. The molecule has 0 saturated heterocycles. The molecule has 0 spiro atoms. The molecule has 2 N–H and O–H groups in total. The maximum atomic E-state index is 11.5. The van der Waals surface area contributed by atoms with E-state index in [0.29, 0.717) is 31.4 Å². The third-order valence-electron chi connectivity index (χ3n) is 3.71. The summed E-state index contributed by atoms with van der Waals surface area (Å²) in [5.74, 6) is 1.12. The lowest BCUT2D eigenvalue weighted by molar-refractivity contribution is -0.145. The molecule has 0 aliphatic heterocycles. The second kappa shape index (κ2) is 8.51. The van der Waals surface area contributed by atoms with Crippen LogP contribution in [-0.4, -0.2) is 19.1 Å². The predicted molar refractivity (Wildman–Crippen MR) is 69.6 cm³/mol. The van der Waals surface area contributed by atoms with Crippen molar-refractivity contribution < 1.29 is 9.53 Å². The van der Waals surface area contributed by atoms with E-state index < -0.39 is 0 Å². The maximum absolute atomic E-state index is 11.5. The molecule has 100 valence electrons. The Hall–Kier alpha value is -0.570. The lowest BCUT2D eigenvalue weighted by Gasteiger charge is -2.21. The Morgan fingerprint density at radius 3 is 2.65 bits per heavy atom. The van der Waals surface area contributed by atoms with E-state index in [2.05, 4.69) is 6.92 Å². The molecule has 1 saturated carbocycles. The molecule has 3 heteroatoms. The fourth-order valence-corrected chi connectivity index (χ4v) is 2.43. The van der Waals surface area contributed by atoms with E-state index >= 15 is 0 Å². The van der Waals surface area contributed by atoms with Crippen LogP contribution in [0.1, 0.15) is 58.3 Å². The normalized spacial score (nSPS) is 18.9. The topological polar surface area (TPSA) is 52.3 Å². The summed E-state index contributed by atoms with van der Waals surface area (Å²) in [6, 6.07) is 0. The molecule has 0 amide bonds. The summed E-state index contributed by atoms with van der Waals surface area (Å²) in [4.78, 5) is 11.5. The Bertz CT molecular complexity index is 212. The Kier molecular flexibility index (Phi) is 7.25. The molecule has 1 aliphatic rings. The van der Waals surface area contributed by atoms with Gasteiger partial charge in [-0.05, 0) is 44.1 Å². The fourth-order valence-electron chi connectivity index (χ4n) is 2.43. The van der Waals surface area contributed by atoms with E-state index in [9.17, 15) is 4.79 Å². The summed E-state index contributed by atoms with van der Waals surface area (Å²) in [5, 5.41) is 0. The SMILES string of the molecule is CC(CCN)CCC(=O)OCC1CCCCC1. The van der Waals surface area contributed by atoms with E-state index in [1.54, 1.807) is 0 Å². The second-order valence-corrected chi connectivity index (χ2v) is 5.41. The molecule has 3 nitrogen and oxygen atoms in total. The van der Waals surface area contributed by atoms with Crippen LogP contribution in [0.15, 0.2) is 0 Å². The van der Waals surface area contributed by atoms with Crippen molar-refractivity contribution in [3.63, 3.8) is 0 Å². The van der Waals surface area contributed by atoms with Crippen LogP contribution in [0.4, 0.5) is 0 Å². The van der Waals surface area contributed by atoms with Crippen LogP contribution < -0.4 is 5.73 Å². The number of esters is 1. The van der Waals surface area contributed by atoms with Gasteiger partial charge in [0.05, 0.1) is 6.61 Å². The van der Waals surface area contributed by atoms with E-state index in [1.807, 2.05) is 0 Å². The van der Waals surface area contributed by atoms with Crippen LogP contribution in [-0.2, 0) is 9.53 Å². The van der Waals surface area contributed by atoms with E-state index in [-0.39, 0.29) is 5.97 Å². The number of ether oxygens (including phenoxy) is 1. The third-order valence-corrected chi connectivity index (χ3v) is 3.71. The molecule has 0 radical (unpaired) electrons. The number of hydrogen-bond acceptors (Lipinski definition) is 3. The van der Waals surface area contributed by atoms with Gasteiger partial charge in [0.15, 0.2) is 0 Å². The zero-order chi connectivity index (χ0) is 12.5. The van der Waals surface area contributed by atoms with E-state index in [1.165, 1.54) is 32.1 Å². The summed E-state index contributed by atoms with van der Waals surface area (Å²) >= 11 is 0. The van der Waals surface area contributed by atoms with Gasteiger partial charge in [-0.15, -0.1) is 0 Å². The van der Waals surface area contributed by atoms with Gasteiger partial charge in [-0.25, -0.2) is 0 Å². The minimum atomic E-state index is -0.0283. The van der Waals surface area contributed by atoms with Crippen LogP contribution >= 0.6 is 0 Å². The zero-order valence-corrected chi connectivity index (χ0v) is 11.1. The first kappa shape index (κ1) is 14.5. The molecule has 0 aromatic carbocycles. The fraction of sp³-hybridized carbons (Fsp3) is 0.929. The smallest absolute Gasteiger partial charge is 0.305 e. The van der Waals surface area contributed by atoms with Crippen molar-refractivity contribution in [1.82, 2.24) is 0 Å². The molecule has 0 aromatic heterocycles. The summed E-state index contributed by atoms with van der Waals surface area (Å²) in [5.41, 5.74) is 5.48. The standard InChI is InChI=1S/C14H27NO2/c1-12(9-10-15)7-8-14(16)17-11-13-5-3-2-4-6-13/h12-13H,2-11,15H2,1H3. The highest BCUT2D eigenvalue weighted by Gasteiger charge is 2.15. The first-order valence-corrected chi connectivity index (χ1v) is 7.08. The average molecular weight is 241 g/mol. The molecule has 1 unspecified atom stereocenters. The van der Waals surface area contributed by atoms with Gasteiger partial charge in [-0.3, -0.25) is 4.79 Å². The summed E-state index contributed by atoms with van der Waals surface area (Å²) in [7, 11) is 0. The highest BCUT2D eigenvalue weighted by molar-refractivity contribution is 5.69. The van der Waals surface area contributed by atoms with Gasteiger partial charge < -0.3 is 10.5 Å². The molecule has 17 heavy (non-hydrogen) atoms. The highest BCUT2D eigenvalue weighted by atomic mass is 16.5. The largest absolute Gasteiger partial charge is 0.465 e. The molecular formula is C14H27NO2. The first-order chi connectivity index (χ1) is 8.22. The van der Waals surface area contributed by atoms with Crippen molar-refractivity contribution in [3.05, 3.63) is 0 Å². The van der Waals surface area contributed by atoms with E-state index in [0.717, 1.165) is 12.8 Å². The quantitative estimate of drug-likeness (QED) is 0.697. The van der Waals surface area contributed by atoms with Crippen molar-refractivity contribution in [2.24, 2.45) is 17.6 Å². The molecule has 0 bridgehead atoms. The Labute approximate surface area is 105 Å². The number of hydrogen-bond donors (Lipinski definition) is 1. The van der Waals surface area contributed by atoms with Crippen LogP contribution in [0.25, 0.3) is 0 Å². The first-order valence-electron chi connectivity index (χ1n) is 7.08. The number of carbonyl (C=O) groups is 1. The van der Waals surface area contributed by atoms with Crippen LogP contribution in [0, 0.1) is 11.8 Å². The summed E-state index contributed by atoms with van der Waals surface area (Å²) in [6.45, 7) is 3.49. The van der Waals surface area contributed by atoms with Crippen LogP contribution in [0.2, 0.25) is 0 Å². The van der Waals surface area contributed by atoms with Gasteiger partial charge in [-0.2, -0.15) is 0 Å². The number of nitrogens with two attached hydrogens (primary N) is 1. The third kappa shape index (κ3) is 6.67. The zero-order valence-electron chi connectivity index (χ0n) is 11.1. The minimum absolute atomic E-state index is 0.0283. The van der Waals surface area contributed by atoms with Crippen molar-refractivity contribution in [2.75, 3.05) is 13.2 Å². The van der Waals surface area contributed by atoms with Crippen molar-refractivity contribution >= 4 is 5.97 Å². The minimum Gasteiger partial charge on any atom is -0.465 e. The summed E-state index contributed by atoms with van der Waals surface area (Å²) < 4.78 is 5.34. The monoisotopic (exact) mass is 241 g/mol. The Balaban J connectivity index is 2.04. The Morgan fingerprint density at radius 2 is 2.00 bits per heavy atom. The lowest BCUT2D eigenvalue weighted by atomic mass is 9.90. The van der Waals surface area contributed by atoms with Crippen LogP contribution in [0.5, 0.6) is 0 Å². The number of carbonyl (C=O) groups excluding carboxylic acids is 1. The number of rotatable bonds is 7. The maximum Gasteiger partial charge on any atom is 0.305 e. The predicted octanol–water partition coefficient (Wildman–Crippen LogP) is 2.88. The van der Waals surface area contributed by atoms with E-state index in [4.69, 9.17) is 10.5 Å². The molecular weight excluding hydrogens is 214 g/mol. The lowest BCUT2D eigenvalue weighted by Crippen LogP contribution is -2.17. The van der Waals surface area contributed by atoms with Crippen molar-refractivity contribution in [2.45, 2.75) is 58.3 Å². The molecule has 0 aromatic rings. The molecule has 1 atom stereocenters. The van der Waals surface area contributed by atoms with Crippen LogP contribution in [0.3, 0.4) is 0 Å². The van der Waals surface area contributed by atoms with Gasteiger partial charge in [0.25, 0.3) is 0 Å². The second-order valence-electron chi connectivity index (χ2n) is 5.41.